The van der Waals surface area contributed by atoms with Crippen molar-refractivity contribution in [1.82, 2.24) is 5.32 Å². The Morgan fingerprint density at radius 2 is 2.31 bits per heavy atom. The summed E-state index contributed by atoms with van der Waals surface area (Å²) in [6.07, 6.45) is 1.73. The first-order valence-electron chi connectivity index (χ1n) is 4.47. The van der Waals surface area contributed by atoms with Crippen molar-refractivity contribution in [3.8, 4) is 11.8 Å². The van der Waals surface area contributed by atoms with Crippen molar-refractivity contribution in [2.24, 2.45) is 0 Å². The Kier molecular flexibility index (Phi) is 3.76. The van der Waals surface area contributed by atoms with E-state index >= 15 is 0 Å². The highest BCUT2D eigenvalue weighted by Gasteiger charge is 2.23. The molecule has 0 aromatic heterocycles. The first kappa shape index (κ1) is 10.6. The number of rotatable bonds is 2. The van der Waals surface area contributed by atoms with Crippen LogP contribution in [0.25, 0.3) is 0 Å². The van der Waals surface area contributed by atoms with Gasteiger partial charge in [0.05, 0.1) is 18.1 Å². The molecule has 0 spiro atoms. The van der Waals surface area contributed by atoms with Gasteiger partial charge in [0.1, 0.15) is 0 Å². The van der Waals surface area contributed by atoms with Gasteiger partial charge in [-0.05, 0) is 19.8 Å². The van der Waals surface area contributed by atoms with Gasteiger partial charge in [-0.15, -0.1) is 5.92 Å². The molecule has 1 aliphatic rings. The van der Waals surface area contributed by atoms with Crippen LogP contribution >= 0.6 is 0 Å². The second kappa shape index (κ2) is 4.64. The van der Waals surface area contributed by atoms with E-state index in [0.29, 0.717) is 12.3 Å². The van der Waals surface area contributed by atoms with Crippen molar-refractivity contribution in [3.05, 3.63) is 0 Å². The number of hydrogen-bond donors (Lipinski definition) is 1. The highest BCUT2D eigenvalue weighted by atomic mass is 32.2. The maximum Gasteiger partial charge on any atom is 0.151 e. The normalized spacial score (nSPS) is 26.1. The van der Waals surface area contributed by atoms with Crippen molar-refractivity contribution in [3.63, 3.8) is 0 Å². The number of hydrogen-bond acceptors (Lipinski definition) is 3. The number of nitrogens with one attached hydrogen (secondary N) is 1. The van der Waals surface area contributed by atoms with Crippen LogP contribution < -0.4 is 5.32 Å². The molecule has 1 N–H and O–H groups in total. The highest BCUT2D eigenvalue weighted by Crippen LogP contribution is 2.11. The van der Waals surface area contributed by atoms with Crippen LogP contribution in [0.4, 0.5) is 0 Å². The van der Waals surface area contributed by atoms with Crippen molar-refractivity contribution in [1.29, 1.82) is 0 Å². The molecule has 0 amide bonds. The van der Waals surface area contributed by atoms with Gasteiger partial charge < -0.3 is 5.32 Å². The van der Waals surface area contributed by atoms with Gasteiger partial charge in [0, 0.05) is 6.04 Å². The van der Waals surface area contributed by atoms with Crippen LogP contribution in [-0.2, 0) is 9.84 Å². The minimum absolute atomic E-state index is 0.111. The van der Waals surface area contributed by atoms with Crippen molar-refractivity contribution in [2.45, 2.75) is 25.8 Å². The molecule has 0 aliphatic carbocycles. The van der Waals surface area contributed by atoms with Gasteiger partial charge in [0.2, 0.25) is 0 Å². The van der Waals surface area contributed by atoms with Gasteiger partial charge in [0.25, 0.3) is 0 Å². The van der Waals surface area contributed by atoms with E-state index in [-0.39, 0.29) is 11.8 Å². The monoisotopic (exact) mass is 201 g/mol. The highest BCUT2D eigenvalue weighted by molar-refractivity contribution is 7.91. The van der Waals surface area contributed by atoms with Gasteiger partial charge in [-0.3, -0.25) is 0 Å². The smallest absolute Gasteiger partial charge is 0.151 e. The quantitative estimate of drug-likeness (QED) is 0.648. The van der Waals surface area contributed by atoms with Crippen LogP contribution in [0.5, 0.6) is 0 Å². The molecule has 74 valence electrons. The molecule has 1 fully saturated rings. The zero-order valence-corrected chi connectivity index (χ0v) is 8.65. The fourth-order valence-corrected chi connectivity index (χ4v) is 3.14. The Balaban J connectivity index is 2.38. The van der Waals surface area contributed by atoms with Gasteiger partial charge in [-0.25, -0.2) is 8.42 Å². The minimum atomic E-state index is -2.78. The molecule has 1 heterocycles. The molecule has 0 saturated carbocycles. The van der Waals surface area contributed by atoms with E-state index < -0.39 is 9.84 Å². The van der Waals surface area contributed by atoms with E-state index in [2.05, 4.69) is 17.2 Å². The Morgan fingerprint density at radius 3 is 2.92 bits per heavy atom. The third-order valence-corrected chi connectivity index (χ3v) is 3.94. The molecule has 1 atom stereocenters. The van der Waals surface area contributed by atoms with E-state index in [1.54, 1.807) is 6.92 Å². The maximum absolute atomic E-state index is 11.2. The van der Waals surface area contributed by atoms with Gasteiger partial charge >= 0.3 is 0 Å². The van der Waals surface area contributed by atoms with Crippen LogP contribution in [-0.4, -0.2) is 32.5 Å². The first-order chi connectivity index (χ1) is 6.14. The molecule has 1 aliphatic heterocycles. The predicted octanol–water partition coefficient (Wildman–Crippen LogP) is 0.177. The number of sulfone groups is 1. The summed E-state index contributed by atoms with van der Waals surface area (Å²) >= 11 is 0. The van der Waals surface area contributed by atoms with Gasteiger partial charge in [-0.1, -0.05) is 5.92 Å². The largest absolute Gasteiger partial charge is 0.302 e. The van der Waals surface area contributed by atoms with Gasteiger partial charge in [0.15, 0.2) is 9.84 Å². The summed E-state index contributed by atoms with van der Waals surface area (Å²) in [6, 6.07) is 0.111. The third kappa shape index (κ3) is 3.79. The molecule has 0 aromatic carbocycles. The average molecular weight is 201 g/mol. The van der Waals surface area contributed by atoms with Gasteiger partial charge in [-0.2, -0.15) is 0 Å². The summed E-state index contributed by atoms with van der Waals surface area (Å²) in [7, 11) is -2.78. The third-order valence-electron chi connectivity index (χ3n) is 2.12. The van der Waals surface area contributed by atoms with E-state index in [0.717, 1.165) is 12.8 Å². The molecule has 0 aromatic rings. The lowest BCUT2D eigenvalue weighted by molar-refractivity contribution is 0.501. The summed E-state index contributed by atoms with van der Waals surface area (Å²) < 4.78 is 22.4. The first-order valence-corrected chi connectivity index (χ1v) is 6.29. The van der Waals surface area contributed by atoms with E-state index in [4.69, 9.17) is 0 Å². The fourth-order valence-electron chi connectivity index (χ4n) is 1.47. The summed E-state index contributed by atoms with van der Waals surface area (Å²) in [5.41, 5.74) is 0. The zero-order chi connectivity index (χ0) is 9.73. The van der Waals surface area contributed by atoms with Crippen LogP contribution in [0, 0.1) is 11.8 Å². The van der Waals surface area contributed by atoms with Crippen molar-refractivity contribution in [2.75, 3.05) is 18.1 Å². The summed E-state index contributed by atoms with van der Waals surface area (Å²) in [5.74, 6) is 6.26. The molecular weight excluding hydrogens is 186 g/mol. The Labute approximate surface area is 79.8 Å². The Morgan fingerprint density at radius 1 is 1.54 bits per heavy atom. The predicted molar refractivity (Wildman–Crippen MR) is 53.1 cm³/mol. The summed E-state index contributed by atoms with van der Waals surface area (Å²) in [5, 5.41) is 3.13. The second-order valence-corrected chi connectivity index (χ2v) is 5.49. The minimum Gasteiger partial charge on any atom is -0.302 e. The van der Waals surface area contributed by atoms with E-state index in [1.165, 1.54) is 0 Å². The van der Waals surface area contributed by atoms with Crippen LogP contribution in [0.15, 0.2) is 0 Å². The van der Waals surface area contributed by atoms with Crippen LogP contribution in [0.1, 0.15) is 19.8 Å². The van der Waals surface area contributed by atoms with E-state index in [1.807, 2.05) is 0 Å². The molecule has 1 unspecified atom stereocenters. The molecule has 13 heavy (non-hydrogen) atoms. The Bertz CT molecular complexity index is 310. The lowest BCUT2D eigenvalue weighted by atomic mass is 10.2. The standard InChI is InChI=1S/C9H15NO2S/c1-2-3-6-10-9-5-4-7-13(11,12)8-9/h9-10H,4-8H2,1H3. The molecule has 4 heteroatoms. The topological polar surface area (TPSA) is 46.2 Å². The molecule has 0 bridgehead atoms. The molecule has 1 rings (SSSR count). The molecular formula is C9H15NO2S. The molecule has 0 radical (unpaired) electrons. The lowest BCUT2D eigenvalue weighted by Crippen LogP contribution is -2.40. The zero-order valence-electron chi connectivity index (χ0n) is 7.84. The summed E-state index contributed by atoms with van der Waals surface area (Å²) in [6.45, 7) is 2.37. The second-order valence-electron chi connectivity index (χ2n) is 3.26. The molecule has 1 saturated heterocycles. The molecule has 3 nitrogen and oxygen atoms in total. The lowest BCUT2D eigenvalue weighted by Gasteiger charge is -2.21. The van der Waals surface area contributed by atoms with Crippen molar-refractivity contribution >= 4 is 9.84 Å². The Hall–Kier alpha value is -0.530. The fraction of sp³-hybridized carbons (Fsp3) is 0.778. The SMILES string of the molecule is CC#CCNC1CCCS(=O)(=O)C1. The average Bonchev–Trinajstić information content (AvgIpc) is 2.03. The van der Waals surface area contributed by atoms with Crippen molar-refractivity contribution < 1.29 is 8.42 Å². The van der Waals surface area contributed by atoms with Crippen LogP contribution in [0.2, 0.25) is 0 Å². The summed E-state index contributed by atoms with van der Waals surface area (Å²) in [4.78, 5) is 0. The maximum atomic E-state index is 11.2. The van der Waals surface area contributed by atoms with Crippen LogP contribution in [0.3, 0.4) is 0 Å². The van der Waals surface area contributed by atoms with E-state index in [9.17, 15) is 8.42 Å².